The van der Waals surface area contributed by atoms with E-state index in [0.717, 1.165) is 11.4 Å². The quantitative estimate of drug-likeness (QED) is 0.650. The molecule has 0 saturated carbocycles. The summed E-state index contributed by atoms with van der Waals surface area (Å²) in [5.41, 5.74) is 1.72. The van der Waals surface area contributed by atoms with Crippen LogP contribution < -0.4 is 15.5 Å². The minimum Gasteiger partial charge on any atom is -0.378 e. The highest BCUT2D eigenvalue weighted by atomic mass is 16.6. The molecule has 0 unspecified atom stereocenters. The van der Waals surface area contributed by atoms with Gasteiger partial charge in [0.1, 0.15) is 5.82 Å². The zero-order valence-electron chi connectivity index (χ0n) is 12.1. The van der Waals surface area contributed by atoms with Gasteiger partial charge in [-0.3, -0.25) is 10.1 Å². The molecule has 0 radical (unpaired) electrons. The molecule has 1 heterocycles. The van der Waals surface area contributed by atoms with Crippen molar-refractivity contribution in [2.75, 3.05) is 36.7 Å². The van der Waals surface area contributed by atoms with Gasteiger partial charge in [0, 0.05) is 38.6 Å². The van der Waals surface area contributed by atoms with Gasteiger partial charge in [-0.25, -0.2) is 4.98 Å². The van der Waals surface area contributed by atoms with Crippen molar-refractivity contribution in [2.24, 2.45) is 0 Å². The topological polar surface area (TPSA) is 83.3 Å². The van der Waals surface area contributed by atoms with Crippen molar-refractivity contribution in [3.8, 4) is 0 Å². The SMILES string of the molecule is CNc1ccc([N+](=O)[O-])c(Nc2ccc(N(C)C)cc2)n1. The Balaban J connectivity index is 2.31. The molecule has 1 aromatic carbocycles. The number of rotatable bonds is 5. The van der Waals surface area contributed by atoms with Gasteiger partial charge in [0.2, 0.25) is 5.82 Å². The van der Waals surface area contributed by atoms with E-state index >= 15 is 0 Å². The molecule has 0 atom stereocenters. The van der Waals surface area contributed by atoms with E-state index in [4.69, 9.17) is 0 Å². The first-order valence-electron chi connectivity index (χ1n) is 6.39. The number of nitrogens with zero attached hydrogens (tertiary/aromatic N) is 3. The second kappa shape index (κ2) is 6.08. The van der Waals surface area contributed by atoms with Crippen molar-refractivity contribution in [2.45, 2.75) is 0 Å². The van der Waals surface area contributed by atoms with E-state index in [9.17, 15) is 10.1 Å². The number of hydrogen-bond acceptors (Lipinski definition) is 6. The second-order valence-electron chi connectivity index (χ2n) is 4.64. The lowest BCUT2D eigenvalue weighted by Crippen LogP contribution is -2.08. The molecule has 2 N–H and O–H groups in total. The van der Waals surface area contributed by atoms with Gasteiger partial charge in [-0.15, -0.1) is 0 Å². The minimum absolute atomic E-state index is 0.0642. The third-order valence-corrected chi connectivity index (χ3v) is 2.97. The monoisotopic (exact) mass is 287 g/mol. The number of nitro groups is 1. The highest BCUT2D eigenvalue weighted by Gasteiger charge is 2.16. The molecular weight excluding hydrogens is 270 g/mol. The fraction of sp³-hybridized carbons (Fsp3) is 0.214. The first-order chi connectivity index (χ1) is 10.0. The van der Waals surface area contributed by atoms with Crippen molar-refractivity contribution < 1.29 is 4.92 Å². The Labute approximate surface area is 122 Å². The summed E-state index contributed by atoms with van der Waals surface area (Å²) in [5.74, 6) is 0.775. The maximum Gasteiger partial charge on any atom is 0.311 e. The van der Waals surface area contributed by atoms with E-state index < -0.39 is 4.92 Å². The Morgan fingerprint density at radius 2 is 1.81 bits per heavy atom. The molecule has 0 bridgehead atoms. The molecule has 7 nitrogen and oxygen atoms in total. The average molecular weight is 287 g/mol. The number of benzene rings is 1. The van der Waals surface area contributed by atoms with Crippen LogP contribution in [0.3, 0.4) is 0 Å². The molecule has 0 saturated heterocycles. The summed E-state index contributed by atoms with van der Waals surface area (Å²) >= 11 is 0. The van der Waals surface area contributed by atoms with Crippen molar-refractivity contribution >= 4 is 28.7 Å². The maximum atomic E-state index is 11.1. The molecule has 1 aromatic heterocycles. The van der Waals surface area contributed by atoms with Crippen molar-refractivity contribution in [3.05, 3.63) is 46.5 Å². The third kappa shape index (κ3) is 3.38. The number of hydrogen-bond donors (Lipinski definition) is 2. The third-order valence-electron chi connectivity index (χ3n) is 2.97. The van der Waals surface area contributed by atoms with Crippen molar-refractivity contribution in [1.29, 1.82) is 0 Å². The Hall–Kier alpha value is -2.83. The van der Waals surface area contributed by atoms with Gasteiger partial charge in [-0.2, -0.15) is 0 Å². The fourth-order valence-electron chi connectivity index (χ4n) is 1.81. The van der Waals surface area contributed by atoms with Crippen LogP contribution in [-0.2, 0) is 0 Å². The molecule has 7 heteroatoms. The minimum atomic E-state index is -0.455. The average Bonchev–Trinajstić information content (AvgIpc) is 2.47. The molecule has 2 aromatic rings. The van der Waals surface area contributed by atoms with E-state index in [1.807, 2.05) is 43.3 Å². The molecule has 21 heavy (non-hydrogen) atoms. The van der Waals surface area contributed by atoms with Gasteiger partial charge >= 0.3 is 5.69 Å². The van der Waals surface area contributed by atoms with Crippen LogP contribution in [0.1, 0.15) is 0 Å². The molecule has 0 fully saturated rings. The van der Waals surface area contributed by atoms with Crippen LogP contribution in [0.5, 0.6) is 0 Å². The van der Waals surface area contributed by atoms with Crippen LogP contribution in [0.25, 0.3) is 0 Å². The first-order valence-corrected chi connectivity index (χ1v) is 6.39. The fourth-order valence-corrected chi connectivity index (χ4v) is 1.81. The normalized spacial score (nSPS) is 10.0. The van der Waals surface area contributed by atoms with E-state index in [1.54, 1.807) is 13.1 Å². The van der Waals surface area contributed by atoms with Crippen LogP contribution >= 0.6 is 0 Å². The lowest BCUT2D eigenvalue weighted by molar-refractivity contribution is -0.384. The van der Waals surface area contributed by atoms with Gasteiger partial charge in [-0.05, 0) is 30.3 Å². The highest BCUT2D eigenvalue weighted by Crippen LogP contribution is 2.27. The lowest BCUT2D eigenvalue weighted by Gasteiger charge is -2.13. The summed E-state index contributed by atoms with van der Waals surface area (Å²) in [6.07, 6.45) is 0. The largest absolute Gasteiger partial charge is 0.378 e. The van der Waals surface area contributed by atoms with Crippen LogP contribution in [0.2, 0.25) is 0 Å². The summed E-state index contributed by atoms with van der Waals surface area (Å²) in [4.78, 5) is 16.8. The number of anilines is 4. The number of nitrogens with one attached hydrogen (secondary N) is 2. The van der Waals surface area contributed by atoms with Gasteiger partial charge in [0.25, 0.3) is 0 Å². The van der Waals surface area contributed by atoms with Crippen LogP contribution in [0.4, 0.5) is 28.7 Å². The Morgan fingerprint density at radius 1 is 1.14 bits per heavy atom. The molecule has 0 spiro atoms. The first kappa shape index (κ1) is 14.6. The smallest absolute Gasteiger partial charge is 0.311 e. The molecule has 2 rings (SSSR count). The summed E-state index contributed by atoms with van der Waals surface area (Å²) < 4.78 is 0. The van der Waals surface area contributed by atoms with Crippen molar-refractivity contribution in [1.82, 2.24) is 4.98 Å². The lowest BCUT2D eigenvalue weighted by atomic mass is 10.2. The Morgan fingerprint density at radius 3 is 2.33 bits per heavy atom. The summed E-state index contributed by atoms with van der Waals surface area (Å²) in [6.45, 7) is 0. The molecule has 0 amide bonds. The molecule has 0 aliphatic heterocycles. The van der Waals surface area contributed by atoms with Gasteiger partial charge in [0.05, 0.1) is 4.92 Å². The van der Waals surface area contributed by atoms with Crippen LogP contribution in [-0.4, -0.2) is 31.1 Å². The summed E-state index contributed by atoms with van der Waals surface area (Å²) in [5, 5.41) is 16.9. The maximum absolute atomic E-state index is 11.1. The van der Waals surface area contributed by atoms with E-state index in [1.165, 1.54) is 6.07 Å². The second-order valence-corrected chi connectivity index (χ2v) is 4.64. The van der Waals surface area contributed by atoms with Crippen molar-refractivity contribution in [3.63, 3.8) is 0 Å². The van der Waals surface area contributed by atoms with Crippen LogP contribution in [0.15, 0.2) is 36.4 Å². The number of pyridine rings is 1. The predicted molar refractivity (Wildman–Crippen MR) is 84.5 cm³/mol. The van der Waals surface area contributed by atoms with Crippen LogP contribution in [0, 0.1) is 10.1 Å². The predicted octanol–water partition coefficient (Wildman–Crippen LogP) is 2.84. The zero-order chi connectivity index (χ0) is 15.4. The summed E-state index contributed by atoms with van der Waals surface area (Å²) in [6, 6.07) is 10.6. The van der Waals surface area contributed by atoms with Gasteiger partial charge in [-0.1, -0.05) is 0 Å². The highest BCUT2D eigenvalue weighted by molar-refractivity contribution is 5.68. The van der Waals surface area contributed by atoms with E-state index in [2.05, 4.69) is 15.6 Å². The molecule has 0 aliphatic carbocycles. The van der Waals surface area contributed by atoms with Gasteiger partial charge in [0.15, 0.2) is 0 Å². The standard InChI is InChI=1S/C14H17N5O2/c1-15-13-9-8-12(19(20)21)14(17-13)16-10-4-6-11(7-5-10)18(2)3/h4-9H,1-3H3,(H2,15,16,17). The van der Waals surface area contributed by atoms with E-state index in [0.29, 0.717) is 5.82 Å². The Bertz CT molecular complexity index is 640. The van der Waals surface area contributed by atoms with E-state index in [-0.39, 0.29) is 11.5 Å². The molecular formula is C14H17N5O2. The zero-order valence-corrected chi connectivity index (χ0v) is 12.1. The Kier molecular flexibility index (Phi) is 4.22. The summed E-state index contributed by atoms with van der Waals surface area (Å²) in [7, 11) is 5.61. The number of aromatic nitrogens is 1. The molecule has 110 valence electrons. The molecule has 0 aliphatic rings. The van der Waals surface area contributed by atoms with Gasteiger partial charge < -0.3 is 15.5 Å².